The van der Waals surface area contributed by atoms with Crippen molar-refractivity contribution in [2.24, 2.45) is 0 Å². The molecule has 0 aliphatic heterocycles. The molecule has 2 aromatic heterocycles. The van der Waals surface area contributed by atoms with Gasteiger partial charge in [0.05, 0.1) is 6.54 Å². The van der Waals surface area contributed by atoms with Gasteiger partial charge in [0.2, 0.25) is 0 Å². The number of rotatable bonds is 10. The van der Waals surface area contributed by atoms with Crippen molar-refractivity contribution >= 4 is 5.82 Å². The highest BCUT2D eigenvalue weighted by Crippen LogP contribution is 2.22. The minimum Gasteiger partial charge on any atom is -0.329 e. The van der Waals surface area contributed by atoms with Gasteiger partial charge in [0.1, 0.15) is 0 Å². The lowest BCUT2D eigenvalue weighted by Gasteiger charge is -2.24. The van der Waals surface area contributed by atoms with Crippen LogP contribution in [0.5, 0.6) is 0 Å². The van der Waals surface area contributed by atoms with Gasteiger partial charge in [-0.3, -0.25) is 9.67 Å². The molecule has 0 spiro atoms. The van der Waals surface area contributed by atoms with Crippen molar-refractivity contribution < 1.29 is 0 Å². The van der Waals surface area contributed by atoms with E-state index in [0.717, 1.165) is 56.0 Å². The van der Waals surface area contributed by atoms with E-state index in [9.17, 15) is 0 Å². The molecule has 3 rings (SSSR count). The number of allylic oxidation sites excluding steroid dienone is 1. The molecule has 0 saturated carbocycles. The fourth-order valence-corrected chi connectivity index (χ4v) is 3.66. The molecular formula is C26H34N4. The SMILES string of the molecule is C=C(CC)N(CCCCc1ccccn1)c1cc(C)n(Cc2cc(C)ccc2C)n1. The van der Waals surface area contributed by atoms with Gasteiger partial charge >= 0.3 is 0 Å². The molecule has 0 atom stereocenters. The van der Waals surface area contributed by atoms with Crippen LogP contribution in [0, 0.1) is 20.8 Å². The number of hydrogen-bond acceptors (Lipinski definition) is 3. The second-order valence-electron chi connectivity index (χ2n) is 8.08. The Balaban J connectivity index is 1.69. The van der Waals surface area contributed by atoms with E-state index in [0.29, 0.717) is 0 Å². The molecule has 2 heterocycles. The molecule has 3 aromatic rings. The highest BCUT2D eigenvalue weighted by Gasteiger charge is 2.15. The minimum atomic E-state index is 0.797. The van der Waals surface area contributed by atoms with Crippen LogP contribution in [0.15, 0.2) is 60.9 Å². The van der Waals surface area contributed by atoms with Gasteiger partial charge < -0.3 is 4.90 Å². The van der Waals surface area contributed by atoms with Crippen LogP contribution in [-0.4, -0.2) is 21.3 Å². The summed E-state index contributed by atoms with van der Waals surface area (Å²) in [6.45, 7) is 14.6. The van der Waals surface area contributed by atoms with E-state index in [2.05, 4.69) is 85.2 Å². The minimum absolute atomic E-state index is 0.797. The topological polar surface area (TPSA) is 34.0 Å². The maximum absolute atomic E-state index is 4.95. The Morgan fingerprint density at radius 1 is 1.07 bits per heavy atom. The molecule has 0 radical (unpaired) electrons. The van der Waals surface area contributed by atoms with E-state index in [1.807, 2.05) is 12.3 Å². The molecule has 0 bridgehead atoms. The van der Waals surface area contributed by atoms with Crippen LogP contribution in [0.25, 0.3) is 0 Å². The summed E-state index contributed by atoms with van der Waals surface area (Å²) < 4.78 is 2.11. The second kappa shape index (κ2) is 10.2. The summed E-state index contributed by atoms with van der Waals surface area (Å²) in [7, 11) is 0. The lowest BCUT2D eigenvalue weighted by atomic mass is 10.1. The summed E-state index contributed by atoms with van der Waals surface area (Å²) in [5.41, 5.74) is 7.37. The van der Waals surface area contributed by atoms with Crippen LogP contribution in [0.1, 0.15) is 54.3 Å². The zero-order valence-electron chi connectivity index (χ0n) is 18.9. The average Bonchev–Trinajstić information content (AvgIpc) is 3.10. The Morgan fingerprint density at radius 2 is 1.90 bits per heavy atom. The fourth-order valence-electron chi connectivity index (χ4n) is 3.66. The number of aryl methyl sites for hydroxylation is 4. The lowest BCUT2D eigenvalue weighted by molar-refractivity contribution is 0.649. The molecule has 4 heteroatoms. The number of hydrogen-bond donors (Lipinski definition) is 0. The summed E-state index contributed by atoms with van der Waals surface area (Å²) >= 11 is 0. The highest BCUT2D eigenvalue weighted by atomic mass is 15.4. The first-order valence-electron chi connectivity index (χ1n) is 10.9. The quantitative estimate of drug-likeness (QED) is 0.390. The molecule has 0 N–H and O–H groups in total. The predicted octanol–water partition coefficient (Wildman–Crippen LogP) is 6.00. The number of unbranched alkanes of at least 4 members (excludes halogenated alkanes) is 1. The molecule has 0 aliphatic rings. The molecule has 0 amide bonds. The van der Waals surface area contributed by atoms with E-state index < -0.39 is 0 Å². The predicted molar refractivity (Wildman–Crippen MR) is 126 cm³/mol. The van der Waals surface area contributed by atoms with Gasteiger partial charge in [0, 0.05) is 35.9 Å². The van der Waals surface area contributed by atoms with Gasteiger partial charge in [-0.25, -0.2) is 0 Å². The number of pyridine rings is 1. The molecular weight excluding hydrogens is 368 g/mol. The highest BCUT2D eigenvalue weighted by molar-refractivity contribution is 5.46. The summed E-state index contributed by atoms with van der Waals surface area (Å²) in [4.78, 5) is 6.71. The molecule has 0 saturated heterocycles. The first-order chi connectivity index (χ1) is 14.5. The monoisotopic (exact) mass is 402 g/mol. The van der Waals surface area contributed by atoms with Crippen LogP contribution in [-0.2, 0) is 13.0 Å². The molecule has 158 valence electrons. The van der Waals surface area contributed by atoms with Crippen LogP contribution >= 0.6 is 0 Å². The van der Waals surface area contributed by atoms with Crippen molar-refractivity contribution in [1.82, 2.24) is 14.8 Å². The molecule has 30 heavy (non-hydrogen) atoms. The smallest absolute Gasteiger partial charge is 0.155 e. The molecule has 0 fully saturated rings. The summed E-state index contributed by atoms with van der Waals surface area (Å²) in [6.07, 6.45) is 5.98. The zero-order chi connectivity index (χ0) is 21.5. The second-order valence-corrected chi connectivity index (χ2v) is 8.08. The van der Waals surface area contributed by atoms with Gasteiger partial charge in [0.25, 0.3) is 0 Å². The molecule has 0 aliphatic carbocycles. The van der Waals surface area contributed by atoms with Gasteiger partial charge in [-0.1, -0.05) is 43.3 Å². The Labute approximate surface area is 181 Å². The Bertz CT molecular complexity index is 972. The van der Waals surface area contributed by atoms with Crippen LogP contribution in [0.4, 0.5) is 5.82 Å². The maximum atomic E-state index is 4.95. The van der Waals surface area contributed by atoms with E-state index in [-0.39, 0.29) is 0 Å². The van der Waals surface area contributed by atoms with E-state index in [1.165, 1.54) is 22.4 Å². The van der Waals surface area contributed by atoms with E-state index in [1.54, 1.807) is 0 Å². The fraction of sp³-hybridized carbons (Fsp3) is 0.385. The van der Waals surface area contributed by atoms with Crippen LogP contribution in [0.2, 0.25) is 0 Å². The van der Waals surface area contributed by atoms with Crippen molar-refractivity contribution in [3.8, 4) is 0 Å². The van der Waals surface area contributed by atoms with Crippen molar-refractivity contribution in [1.29, 1.82) is 0 Å². The largest absolute Gasteiger partial charge is 0.329 e. The lowest BCUT2D eigenvalue weighted by Crippen LogP contribution is -2.23. The third-order valence-corrected chi connectivity index (χ3v) is 5.65. The number of aromatic nitrogens is 3. The van der Waals surface area contributed by atoms with Crippen molar-refractivity contribution in [2.75, 3.05) is 11.4 Å². The maximum Gasteiger partial charge on any atom is 0.155 e. The number of anilines is 1. The molecule has 1 aromatic carbocycles. The first kappa shape index (κ1) is 21.8. The van der Waals surface area contributed by atoms with Crippen molar-refractivity contribution in [2.45, 2.75) is 59.9 Å². The third-order valence-electron chi connectivity index (χ3n) is 5.65. The van der Waals surface area contributed by atoms with Crippen LogP contribution < -0.4 is 4.90 Å². The summed E-state index contributed by atoms with van der Waals surface area (Å²) in [6, 6.07) is 14.9. The third kappa shape index (κ3) is 5.59. The van der Waals surface area contributed by atoms with Crippen molar-refractivity contribution in [3.05, 3.63) is 89.0 Å². The zero-order valence-corrected chi connectivity index (χ0v) is 18.9. The van der Waals surface area contributed by atoms with Gasteiger partial charge in [-0.05, 0) is 69.7 Å². The summed E-state index contributed by atoms with van der Waals surface area (Å²) in [5, 5.41) is 4.95. The Hall–Kier alpha value is -2.88. The van der Waals surface area contributed by atoms with Gasteiger partial charge in [-0.2, -0.15) is 5.10 Å². The first-order valence-corrected chi connectivity index (χ1v) is 10.9. The Kier molecular flexibility index (Phi) is 7.45. The molecule has 0 unspecified atom stereocenters. The van der Waals surface area contributed by atoms with Crippen molar-refractivity contribution in [3.63, 3.8) is 0 Å². The van der Waals surface area contributed by atoms with Crippen LogP contribution in [0.3, 0.4) is 0 Å². The van der Waals surface area contributed by atoms with E-state index in [4.69, 9.17) is 5.10 Å². The number of benzene rings is 1. The standard InChI is InChI=1S/C26H34N4/c1-6-22(4)29(16-10-8-12-25-11-7-9-15-27-25)26-18-23(5)30(28-26)19-24-17-20(2)13-14-21(24)3/h7,9,11,13-15,17-18H,4,6,8,10,12,16,19H2,1-3,5H3. The molecule has 4 nitrogen and oxygen atoms in total. The average molecular weight is 403 g/mol. The Morgan fingerprint density at radius 3 is 2.63 bits per heavy atom. The summed E-state index contributed by atoms with van der Waals surface area (Å²) in [5.74, 6) is 1.00. The van der Waals surface area contributed by atoms with E-state index >= 15 is 0 Å². The normalized spacial score (nSPS) is 10.9. The van der Waals surface area contributed by atoms with Gasteiger partial charge in [0.15, 0.2) is 5.82 Å². The number of nitrogens with zero attached hydrogens (tertiary/aromatic N) is 4. The van der Waals surface area contributed by atoms with Gasteiger partial charge in [-0.15, -0.1) is 0 Å².